The predicted molar refractivity (Wildman–Crippen MR) is 107 cm³/mol. The molecule has 27 heavy (non-hydrogen) atoms. The Hall–Kier alpha value is -1.78. The molecule has 2 heterocycles. The Morgan fingerprint density at radius 2 is 2.00 bits per heavy atom. The minimum Gasteiger partial charge on any atom is -0.381 e. The average molecular weight is 371 g/mol. The molecule has 4 heteroatoms. The van der Waals surface area contributed by atoms with Crippen molar-refractivity contribution >= 4 is 0 Å². The van der Waals surface area contributed by atoms with Gasteiger partial charge in [0.2, 0.25) is 0 Å². The average Bonchev–Trinajstić information content (AvgIpc) is 3.11. The zero-order valence-electron chi connectivity index (χ0n) is 16.7. The van der Waals surface area contributed by atoms with Crippen LogP contribution < -0.4 is 0 Å². The summed E-state index contributed by atoms with van der Waals surface area (Å²) in [7, 11) is 0. The summed E-state index contributed by atoms with van der Waals surface area (Å²) in [4.78, 5) is 7.01. The lowest BCUT2D eigenvalue weighted by Gasteiger charge is -2.31. The van der Waals surface area contributed by atoms with Gasteiger partial charge in [-0.1, -0.05) is 18.2 Å². The first-order valence-electron chi connectivity index (χ1n) is 10.0. The molecule has 1 aromatic carbocycles. The standard InChI is InChI=1S/C23H31FN2O/c1-4-27-17-23(12-11-20-6-9-22(24)10-7-20)13-14-26(16-23)19(3)21-8-5-18(2)25-15-21/h5-10,15,19H,4,11-14,16-17H2,1-3H3. The molecule has 0 N–H and O–H groups in total. The van der Waals surface area contributed by atoms with E-state index in [1.54, 1.807) is 12.1 Å². The van der Waals surface area contributed by atoms with E-state index >= 15 is 0 Å². The second-order valence-corrected chi connectivity index (χ2v) is 7.89. The van der Waals surface area contributed by atoms with E-state index in [-0.39, 0.29) is 11.2 Å². The summed E-state index contributed by atoms with van der Waals surface area (Å²) in [5, 5.41) is 0. The highest BCUT2D eigenvalue weighted by Gasteiger charge is 2.39. The van der Waals surface area contributed by atoms with Crippen molar-refractivity contribution in [2.24, 2.45) is 5.41 Å². The Bertz CT molecular complexity index is 716. The lowest BCUT2D eigenvalue weighted by atomic mass is 9.82. The van der Waals surface area contributed by atoms with Crippen LogP contribution in [0.2, 0.25) is 0 Å². The molecule has 146 valence electrons. The second-order valence-electron chi connectivity index (χ2n) is 7.89. The molecular formula is C23H31FN2O. The third-order valence-corrected chi connectivity index (χ3v) is 5.90. The van der Waals surface area contributed by atoms with Gasteiger partial charge >= 0.3 is 0 Å². The van der Waals surface area contributed by atoms with Gasteiger partial charge in [-0.2, -0.15) is 0 Å². The minimum atomic E-state index is -0.171. The van der Waals surface area contributed by atoms with Crippen LogP contribution in [0.25, 0.3) is 0 Å². The number of nitrogens with zero attached hydrogens (tertiary/aromatic N) is 2. The lowest BCUT2D eigenvalue weighted by Crippen LogP contribution is -2.33. The number of likely N-dealkylation sites (tertiary alicyclic amines) is 1. The van der Waals surface area contributed by atoms with Crippen molar-refractivity contribution in [2.45, 2.75) is 46.1 Å². The van der Waals surface area contributed by atoms with E-state index in [2.05, 4.69) is 35.9 Å². The van der Waals surface area contributed by atoms with Crippen LogP contribution in [0.1, 0.15) is 49.6 Å². The third kappa shape index (κ3) is 5.14. The van der Waals surface area contributed by atoms with E-state index in [0.717, 1.165) is 51.3 Å². The van der Waals surface area contributed by atoms with Gasteiger partial charge in [0.25, 0.3) is 0 Å². The van der Waals surface area contributed by atoms with Crippen LogP contribution in [0.5, 0.6) is 0 Å². The van der Waals surface area contributed by atoms with Crippen molar-refractivity contribution in [2.75, 3.05) is 26.3 Å². The molecule has 1 fully saturated rings. The summed E-state index contributed by atoms with van der Waals surface area (Å²) in [5.41, 5.74) is 3.68. The van der Waals surface area contributed by atoms with Gasteiger partial charge in [0.05, 0.1) is 6.61 Å². The zero-order valence-corrected chi connectivity index (χ0v) is 16.7. The normalized spacial score (nSPS) is 21.5. The first-order valence-corrected chi connectivity index (χ1v) is 10.0. The number of rotatable bonds is 8. The molecule has 2 atom stereocenters. The summed E-state index contributed by atoms with van der Waals surface area (Å²) in [6, 6.07) is 11.5. The van der Waals surface area contributed by atoms with Gasteiger partial charge in [-0.15, -0.1) is 0 Å². The van der Waals surface area contributed by atoms with Crippen molar-refractivity contribution in [1.82, 2.24) is 9.88 Å². The second kappa shape index (κ2) is 8.94. The largest absolute Gasteiger partial charge is 0.381 e. The Labute approximate surface area is 162 Å². The molecule has 3 rings (SSSR count). The first kappa shape index (κ1) is 20.0. The highest BCUT2D eigenvalue weighted by molar-refractivity contribution is 5.18. The van der Waals surface area contributed by atoms with Crippen molar-refractivity contribution in [3.63, 3.8) is 0 Å². The monoisotopic (exact) mass is 370 g/mol. The maximum Gasteiger partial charge on any atom is 0.123 e. The molecule has 1 aromatic heterocycles. The number of aromatic nitrogens is 1. The maximum atomic E-state index is 13.2. The Balaban J connectivity index is 1.67. The number of hydrogen-bond acceptors (Lipinski definition) is 3. The van der Waals surface area contributed by atoms with E-state index in [0.29, 0.717) is 6.04 Å². The number of halogens is 1. The lowest BCUT2D eigenvalue weighted by molar-refractivity contribution is 0.0466. The topological polar surface area (TPSA) is 25.4 Å². The van der Waals surface area contributed by atoms with Gasteiger partial charge in [0.15, 0.2) is 0 Å². The van der Waals surface area contributed by atoms with E-state index in [9.17, 15) is 4.39 Å². The van der Waals surface area contributed by atoms with Crippen molar-refractivity contribution < 1.29 is 9.13 Å². The number of ether oxygens (including phenoxy) is 1. The van der Waals surface area contributed by atoms with Crippen LogP contribution >= 0.6 is 0 Å². The molecule has 0 saturated carbocycles. The molecule has 2 unspecified atom stereocenters. The number of aryl methyl sites for hydroxylation is 2. The van der Waals surface area contributed by atoms with Gasteiger partial charge in [0.1, 0.15) is 5.82 Å². The SMILES string of the molecule is CCOCC1(CCc2ccc(F)cc2)CCN(C(C)c2ccc(C)nc2)C1. The predicted octanol–water partition coefficient (Wildman–Crippen LogP) is 4.95. The summed E-state index contributed by atoms with van der Waals surface area (Å²) in [6.45, 7) is 9.99. The van der Waals surface area contributed by atoms with Crippen LogP contribution in [0, 0.1) is 18.2 Å². The van der Waals surface area contributed by atoms with E-state index in [1.807, 2.05) is 25.3 Å². The summed E-state index contributed by atoms with van der Waals surface area (Å²) in [6.07, 6.45) is 5.16. The molecule has 0 aliphatic carbocycles. The van der Waals surface area contributed by atoms with Gasteiger partial charge < -0.3 is 4.74 Å². The minimum absolute atomic E-state index is 0.163. The Kier molecular flexibility index (Phi) is 6.61. The van der Waals surface area contributed by atoms with Crippen molar-refractivity contribution in [3.8, 4) is 0 Å². The van der Waals surface area contributed by atoms with Crippen molar-refractivity contribution in [3.05, 3.63) is 65.2 Å². The molecule has 1 saturated heterocycles. The van der Waals surface area contributed by atoms with E-state index < -0.39 is 0 Å². The molecule has 0 amide bonds. The number of benzene rings is 1. The molecule has 3 nitrogen and oxygen atoms in total. The smallest absolute Gasteiger partial charge is 0.123 e. The van der Waals surface area contributed by atoms with E-state index in [4.69, 9.17) is 4.74 Å². The fourth-order valence-electron chi connectivity index (χ4n) is 4.01. The fourth-order valence-corrected chi connectivity index (χ4v) is 4.01. The molecule has 1 aliphatic heterocycles. The quantitative estimate of drug-likeness (QED) is 0.657. The van der Waals surface area contributed by atoms with Crippen molar-refractivity contribution in [1.29, 1.82) is 0 Å². The number of hydrogen-bond donors (Lipinski definition) is 0. The molecule has 0 radical (unpaired) electrons. The van der Waals surface area contributed by atoms with Crippen LogP contribution in [-0.2, 0) is 11.2 Å². The van der Waals surface area contributed by atoms with Crippen LogP contribution in [0.15, 0.2) is 42.6 Å². The Morgan fingerprint density at radius 3 is 2.67 bits per heavy atom. The highest BCUT2D eigenvalue weighted by Crippen LogP contribution is 2.39. The fraction of sp³-hybridized carbons (Fsp3) is 0.522. The highest BCUT2D eigenvalue weighted by atomic mass is 19.1. The van der Waals surface area contributed by atoms with E-state index in [1.165, 1.54) is 11.1 Å². The van der Waals surface area contributed by atoms with Gasteiger partial charge in [-0.3, -0.25) is 9.88 Å². The molecular weight excluding hydrogens is 339 g/mol. The van der Waals surface area contributed by atoms with Crippen LogP contribution in [0.4, 0.5) is 4.39 Å². The maximum absolute atomic E-state index is 13.2. The summed E-state index contributed by atoms with van der Waals surface area (Å²) in [5.74, 6) is -0.171. The van der Waals surface area contributed by atoms with Gasteiger partial charge in [-0.25, -0.2) is 4.39 Å². The summed E-state index contributed by atoms with van der Waals surface area (Å²) >= 11 is 0. The summed E-state index contributed by atoms with van der Waals surface area (Å²) < 4.78 is 19.0. The van der Waals surface area contributed by atoms with Gasteiger partial charge in [0, 0.05) is 36.5 Å². The molecule has 0 spiro atoms. The zero-order chi connectivity index (χ0) is 19.3. The van der Waals surface area contributed by atoms with Crippen LogP contribution in [0.3, 0.4) is 0 Å². The molecule has 0 bridgehead atoms. The van der Waals surface area contributed by atoms with Crippen LogP contribution in [-0.4, -0.2) is 36.2 Å². The first-order chi connectivity index (χ1) is 13.0. The Morgan fingerprint density at radius 1 is 1.22 bits per heavy atom. The molecule has 1 aliphatic rings. The molecule has 2 aromatic rings. The van der Waals surface area contributed by atoms with Gasteiger partial charge in [-0.05, 0) is 75.9 Å². The third-order valence-electron chi connectivity index (χ3n) is 5.90. The number of pyridine rings is 1.